The zero-order valence-corrected chi connectivity index (χ0v) is 8.62. The van der Waals surface area contributed by atoms with Gasteiger partial charge in [-0.3, -0.25) is 0 Å². The van der Waals surface area contributed by atoms with Gasteiger partial charge >= 0.3 is 12.1 Å². The van der Waals surface area contributed by atoms with Crippen LogP contribution in [0.5, 0.6) is 0 Å². The largest absolute Gasteiger partial charge is 0.477 e. The molecule has 18 heavy (non-hydrogen) atoms. The Morgan fingerprint density at radius 3 is 2.44 bits per heavy atom. The quantitative estimate of drug-likeness (QED) is 0.504. The average molecular weight is 259 g/mol. The summed E-state index contributed by atoms with van der Waals surface area (Å²) >= 11 is 0. The standard InChI is InChI=1S/C11H5F4NO2/c12-9-2-1-6(3-7(5-16)10(17)18)4-8(9)11(13,14)15/h1-4H,(H,17,18)/b7-3+. The summed E-state index contributed by atoms with van der Waals surface area (Å²) in [5.41, 5.74) is -2.48. The first kappa shape index (κ1) is 13.7. The number of halogens is 4. The van der Waals surface area contributed by atoms with E-state index in [0.29, 0.717) is 12.1 Å². The van der Waals surface area contributed by atoms with Crippen LogP contribution >= 0.6 is 0 Å². The Labute approximate surface area is 98.6 Å². The predicted molar refractivity (Wildman–Crippen MR) is 52.6 cm³/mol. The minimum Gasteiger partial charge on any atom is -0.477 e. The molecule has 0 saturated heterocycles. The lowest BCUT2D eigenvalue weighted by atomic mass is 10.1. The van der Waals surface area contributed by atoms with Gasteiger partial charge in [-0.2, -0.15) is 18.4 Å². The van der Waals surface area contributed by atoms with Crippen LogP contribution in [0.4, 0.5) is 17.6 Å². The maximum absolute atomic E-state index is 12.9. The Bertz CT molecular complexity index is 555. The number of aliphatic carboxylic acids is 1. The van der Waals surface area contributed by atoms with Crippen molar-refractivity contribution in [3.8, 4) is 6.07 Å². The molecule has 1 aromatic carbocycles. The van der Waals surface area contributed by atoms with Gasteiger partial charge in [-0.25, -0.2) is 9.18 Å². The minimum atomic E-state index is -4.88. The van der Waals surface area contributed by atoms with E-state index in [1.165, 1.54) is 6.07 Å². The molecule has 0 saturated carbocycles. The highest BCUT2D eigenvalue weighted by Gasteiger charge is 2.34. The first-order valence-corrected chi connectivity index (χ1v) is 4.47. The molecule has 0 amide bonds. The summed E-state index contributed by atoms with van der Waals surface area (Å²) in [6, 6.07) is 3.26. The van der Waals surface area contributed by atoms with Gasteiger partial charge in [0.25, 0.3) is 0 Å². The van der Waals surface area contributed by atoms with Gasteiger partial charge in [0.1, 0.15) is 17.5 Å². The van der Waals surface area contributed by atoms with Gasteiger partial charge in [0, 0.05) is 0 Å². The molecule has 94 valence electrons. The Morgan fingerprint density at radius 2 is 2.00 bits per heavy atom. The van der Waals surface area contributed by atoms with E-state index in [1.54, 1.807) is 0 Å². The smallest absolute Gasteiger partial charge is 0.419 e. The molecule has 0 atom stereocenters. The molecule has 1 rings (SSSR count). The monoisotopic (exact) mass is 259 g/mol. The van der Waals surface area contributed by atoms with Gasteiger partial charge in [-0.1, -0.05) is 6.07 Å². The maximum atomic E-state index is 12.9. The van der Waals surface area contributed by atoms with Crippen LogP contribution in [0.1, 0.15) is 11.1 Å². The molecule has 0 heterocycles. The van der Waals surface area contributed by atoms with Crippen molar-refractivity contribution in [1.82, 2.24) is 0 Å². The molecule has 3 nitrogen and oxygen atoms in total. The topological polar surface area (TPSA) is 61.1 Å². The van der Waals surface area contributed by atoms with Crippen molar-refractivity contribution in [3.63, 3.8) is 0 Å². The number of nitriles is 1. The highest BCUT2D eigenvalue weighted by Crippen LogP contribution is 2.32. The molecule has 0 unspecified atom stereocenters. The molecule has 0 aliphatic rings. The van der Waals surface area contributed by atoms with Gasteiger partial charge in [-0.05, 0) is 23.8 Å². The van der Waals surface area contributed by atoms with E-state index in [-0.39, 0.29) is 5.56 Å². The third kappa shape index (κ3) is 3.07. The molecule has 0 aromatic heterocycles. The molecular formula is C11H5F4NO2. The highest BCUT2D eigenvalue weighted by atomic mass is 19.4. The molecule has 1 N–H and O–H groups in total. The van der Waals surface area contributed by atoms with Gasteiger partial charge in [0.2, 0.25) is 0 Å². The van der Waals surface area contributed by atoms with Crippen LogP contribution in [-0.4, -0.2) is 11.1 Å². The van der Waals surface area contributed by atoms with Gasteiger partial charge < -0.3 is 5.11 Å². The fraction of sp³-hybridized carbons (Fsp3) is 0.0909. The van der Waals surface area contributed by atoms with Crippen LogP contribution in [0.25, 0.3) is 6.08 Å². The molecule has 0 bridgehead atoms. The number of carbonyl (C=O) groups is 1. The minimum absolute atomic E-state index is 0.220. The summed E-state index contributed by atoms with van der Waals surface area (Å²) in [5, 5.41) is 17.0. The predicted octanol–water partition coefficient (Wildman–Crippen LogP) is 2.84. The van der Waals surface area contributed by atoms with E-state index in [9.17, 15) is 22.4 Å². The average Bonchev–Trinajstić information content (AvgIpc) is 2.25. The number of rotatable bonds is 2. The van der Waals surface area contributed by atoms with Crippen LogP contribution < -0.4 is 0 Å². The number of carboxylic acid groups (broad SMARTS) is 1. The number of carboxylic acids is 1. The van der Waals surface area contributed by atoms with Crippen molar-refractivity contribution < 1.29 is 27.5 Å². The zero-order chi connectivity index (χ0) is 13.9. The first-order valence-electron chi connectivity index (χ1n) is 4.47. The van der Waals surface area contributed by atoms with E-state index in [2.05, 4.69) is 0 Å². The lowest BCUT2D eigenvalue weighted by Crippen LogP contribution is -2.08. The second-order valence-electron chi connectivity index (χ2n) is 3.21. The van der Waals surface area contributed by atoms with Crippen LogP contribution in [0.15, 0.2) is 23.8 Å². The number of alkyl halides is 3. The molecule has 0 aliphatic carbocycles. The summed E-state index contributed by atoms with van der Waals surface area (Å²) in [7, 11) is 0. The normalized spacial score (nSPS) is 12.1. The fourth-order valence-corrected chi connectivity index (χ4v) is 1.16. The number of nitrogens with zero attached hydrogens (tertiary/aromatic N) is 1. The highest BCUT2D eigenvalue weighted by molar-refractivity contribution is 5.96. The van der Waals surface area contributed by atoms with E-state index in [4.69, 9.17) is 10.4 Å². The molecule has 0 spiro atoms. The third-order valence-electron chi connectivity index (χ3n) is 1.96. The fourth-order valence-electron chi connectivity index (χ4n) is 1.16. The van der Waals surface area contributed by atoms with Crippen LogP contribution in [0.2, 0.25) is 0 Å². The Kier molecular flexibility index (Phi) is 3.71. The van der Waals surface area contributed by atoms with Crippen LogP contribution in [0.3, 0.4) is 0 Å². The van der Waals surface area contributed by atoms with Crippen molar-refractivity contribution in [2.45, 2.75) is 6.18 Å². The molecular weight excluding hydrogens is 254 g/mol. The summed E-state index contributed by atoms with van der Waals surface area (Å²) in [4.78, 5) is 10.5. The third-order valence-corrected chi connectivity index (χ3v) is 1.96. The Hall–Kier alpha value is -2.36. The van der Waals surface area contributed by atoms with E-state index in [1.807, 2.05) is 0 Å². The molecule has 0 radical (unpaired) electrons. The van der Waals surface area contributed by atoms with Crippen molar-refractivity contribution in [2.24, 2.45) is 0 Å². The van der Waals surface area contributed by atoms with Gasteiger partial charge in [0.15, 0.2) is 0 Å². The Morgan fingerprint density at radius 1 is 1.39 bits per heavy atom. The number of benzene rings is 1. The van der Waals surface area contributed by atoms with Gasteiger partial charge in [-0.15, -0.1) is 0 Å². The van der Waals surface area contributed by atoms with Crippen molar-refractivity contribution in [3.05, 3.63) is 40.7 Å². The zero-order valence-electron chi connectivity index (χ0n) is 8.62. The van der Waals surface area contributed by atoms with Crippen molar-refractivity contribution in [1.29, 1.82) is 5.26 Å². The molecule has 1 aromatic rings. The summed E-state index contributed by atoms with van der Waals surface area (Å²) in [6.07, 6.45) is -4.15. The SMILES string of the molecule is N#C/C(=C\c1ccc(F)c(C(F)(F)F)c1)C(=O)O. The van der Waals surface area contributed by atoms with Gasteiger partial charge in [0.05, 0.1) is 5.56 Å². The van der Waals surface area contributed by atoms with E-state index in [0.717, 1.165) is 12.1 Å². The molecule has 7 heteroatoms. The molecule has 0 fully saturated rings. The van der Waals surface area contributed by atoms with Crippen molar-refractivity contribution >= 4 is 12.0 Å². The summed E-state index contributed by atoms with van der Waals surface area (Å²) in [6.45, 7) is 0. The van der Waals surface area contributed by atoms with E-state index < -0.39 is 29.1 Å². The summed E-state index contributed by atoms with van der Waals surface area (Å²) < 4.78 is 50.0. The first-order chi connectivity index (χ1) is 8.25. The lowest BCUT2D eigenvalue weighted by Gasteiger charge is -2.08. The Balaban J connectivity index is 3.31. The number of hydrogen-bond donors (Lipinski definition) is 1. The van der Waals surface area contributed by atoms with Crippen molar-refractivity contribution in [2.75, 3.05) is 0 Å². The second kappa shape index (κ2) is 4.87. The second-order valence-corrected chi connectivity index (χ2v) is 3.21. The molecule has 0 aliphatic heterocycles. The summed E-state index contributed by atoms with van der Waals surface area (Å²) in [5.74, 6) is -3.04. The van der Waals surface area contributed by atoms with E-state index >= 15 is 0 Å². The van der Waals surface area contributed by atoms with Crippen LogP contribution in [-0.2, 0) is 11.0 Å². The lowest BCUT2D eigenvalue weighted by molar-refractivity contribution is -0.140. The van der Waals surface area contributed by atoms with Crippen LogP contribution in [0, 0.1) is 17.1 Å². The number of hydrogen-bond acceptors (Lipinski definition) is 2. The maximum Gasteiger partial charge on any atom is 0.419 e.